The highest BCUT2D eigenvalue weighted by atomic mass is 35.5. The number of halogens is 1. The number of thiazole rings is 1. The normalized spacial score (nSPS) is 10.7. The minimum absolute atomic E-state index is 0.126. The number of methoxy groups -OCH3 is 1. The maximum absolute atomic E-state index is 12.3. The number of fused-ring (bicyclic) bond motifs is 1. The van der Waals surface area contributed by atoms with Gasteiger partial charge in [0.1, 0.15) is 5.75 Å². The Bertz CT molecular complexity index is 876. The van der Waals surface area contributed by atoms with Gasteiger partial charge in [-0.3, -0.25) is 4.79 Å². The molecule has 0 atom stereocenters. The largest absolute Gasteiger partial charge is 0.496 e. The van der Waals surface area contributed by atoms with Crippen LogP contribution in [-0.4, -0.2) is 18.0 Å². The van der Waals surface area contributed by atoms with E-state index in [-0.39, 0.29) is 12.3 Å². The lowest BCUT2D eigenvalue weighted by atomic mass is 10.1. The Labute approximate surface area is 143 Å². The van der Waals surface area contributed by atoms with Gasteiger partial charge < -0.3 is 10.1 Å². The van der Waals surface area contributed by atoms with Crippen LogP contribution in [0, 0.1) is 6.92 Å². The van der Waals surface area contributed by atoms with E-state index < -0.39 is 0 Å². The number of carbonyl (C=O) groups excluding carboxylic acids is 1. The number of ether oxygens (including phenoxy) is 1. The second kappa shape index (κ2) is 6.56. The van der Waals surface area contributed by atoms with Crippen LogP contribution in [-0.2, 0) is 11.2 Å². The van der Waals surface area contributed by atoms with Crippen LogP contribution in [0.5, 0.6) is 5.75 Å². The minimum Gasteiger partial charge on any atom is -0.496 e. The summed E-state index contributed by atoms with van der Waals surface area (Å²) in [6, 6.07) is 11.2. The van der Waals surface area contributed by atoms with Crippen LogP contribution in [0.4, 0.5) is 5.13 Å². The van der Waals surface area contributed by atoms with Crippen LogP contribution >= 0.6 is 22.9 Å². The van der Waals surface area contributed by atoms with Gasteiger partial charge in [-0.25, -0.2) is 4.98 Å². The van der Waals surface area contributed by atoms with Gasteiger partial charge in [-0.1, -0.05) is 40.6 Å². The molecule has 0 saturated carbocycles. The predicted octanol–water partition coefficient (Wildman–Crippen LogP) is 4.45. The summed E-state index contributed by atoms with van der Waals surface area (Å²) >= 11 is 7.37. The quantitative estimate of drug-likeness (QED) is 0.759. The van der Waals surface area contributed by atoms with E-state index in [1.54, 1.807) is 13.2 Å². The van der Waals surface area contributed by atoms with Gasteiger partial charge in [0.05, 0.1) is 23.7 Å². The van der Waals surface area contributed by atoms with Gasteiger partial charge >= 0.3 is 0 Å². The lowest BCUT2D eigenvalue weighted by molar-refractivity contribution is -0.115. The van der Waals surface area contributed by atoms with Crippen molar-refractivity contribution in [3.63, 3.8) is 0 Å². The van der Waals surface area contributed by atoms with Crippen molar-refractivity contribution in [2.24, 2.45) is 0 Å². The van der Waals surface area contributed by atoms with Crippen molar-refractivity contribution >= 4 is 44.2 Å². The Balaban J connectivity index is 1.77. The van der Waals surface area contributed by atoms with Crippen molar-refractivity contribution in [3.05, 3.63) is 52.5 Å². The smallest absolute Gasteiger partial charge is 0.230 e. The van der Waals surface area contributed by atoms with Gasteiger partial charge in [-0.2, -0.15) is 0 Å². The topological polar surface area (TPSA) is 51.2 Å². The van der Waals surface area contributed by atoms with Crippen LogP contribution < -0.4 is 10.1 Å². The summed E-state index contributed by atoms with van der Waals surface area (Å²) in [6.07, 6.45) is 0.238. The molecule has 1 aromatic heterocycles. The Kier molecular flexibility index (Phi) is 4.50. The van der Waals surface area contributed by atoms with Gasteiger partial charge in [-0.15, -0.1) is 0 Å². The Morgan fingerprint density at radius 2 is 2.13 bits per heavy atom. The molecule has 118 valence electrons. The Morgan fingerprint density at radius 3 is 2.91 bits per heavy atom. The fourth-order valence-electron chi connectivity index (χ4n) is 2.33. The molecule has 3 aromatic rings. The van der Waals surface area contributed by atoms with E-state index in [1.165, 1.54) is 11.3 Å². The number of anilines is 1. The van der Waals surface area contributed by atoms with Gasteiger partial charge in [-0.05, 0) is 31.2 Å². The van der Waals surface area contributed by atoms with Crippen LogP contribution in [0.1, 0.15) is 11.1 Å². The molecular weight excluding hydrogens is 332 g/mol. The highest BCUT2D eigenvalue weighted by Crippen LogP contribution is 2.28. The standard InChI is InChI=1S/C17H15ClN2O2S/c1-10-3-6-14(22-2)11(7-10)8-16(21)20-17-19-13-5-4-12(18)9-15(13)23-17/h3-7,9H,8H2,1-2H3,(H,19,20,21). The second-order valence-electron chi connectivity index (χ2n) is 5.17. The summed E-state index contributed by atoms with van der Waals surface area (Å²) in [5, 5.41) is 4.06. The van der Waals surface area contributed by atoms with E-state index in [4.69, 9.17) is 16.3 Å². The molecule has 1 N–H and O–H groups in total. The third kappa shape index (κ3) is 3.63. The zero-order chi connectivity index (χ0) is 16.4. The van der Waals surface area contributed by atoms with Crippen molar-refractivity contribution < 1.29 is 9.53 Å². The molecule has 0 bridgehead atoms. The van der Waals surface area contributed by atoms with Gasteiger partial charge in [0.2, 0.25) is 5.91 Å². The monoisotopic (exact) mass is 346 g/mol. The van der Waals surface area contributed by atoms with Gasteiger partial charge in [0, 0.05) is 10.6 Å². The third-order valence-corrected chi connectivity index (χ3v) is 4.55. The second-order valence-corrected chi connectivity index (χ2v) is 6.64. The molecular formula is C17H15ClN2O2S. The average molecular weight is 347 g/mol. The molecule has 0 fully saturated rings. The summed E-state index contributed by atoms with van der Waals surface area (Å²) in [7, 11) is 1.60. The van der Waals surface area contributed by atoms with Crippen LogP contribution in [0.2, 0.25) is 5.02 Å². The number of aryl methyl sites for hydroxylation is 1. The Hall–Kier alpha value is -2.11. The number of hydrogen-bond acceptors (Lipinski definition) is 4. The number of nitrogens with zero attached hydrogens (tertiary/aromatic N) is 1. The summed E-state index contributed by atoms with van der Waals surface area (Å²) in [5.41, 5.74) is 2.76. The van der Waals surface area contributed by atoms with Crippen LogP contribution in [0.25, 0.3) is 10.2 Å². The number of aromatic nitrogens is 1. The van der Waals surface area contributed by atoms with Gasteiger partial charge in [0.25, 0.3) is 0 Å². The zero-order valence-corrected chi connectivity index (χ0v) is 14.3. The molecule has 0 aliphatic carbocycles. The van der Waals surface area contributed by atoms with E-state index in [0.717, 1.165) is 21.3 Å². The molecule has 0 saturated heterocycles. The molecule has 0 radical (unpaired) electrons. The summed E-state index contributed by atoms with van der Waals surface area (Å²) in [6.45, 7) is 1.98. The summed E-state index contributed by atoms with van der Waals surface area (Å²) in [4.78, 5) is 16.7. The molecule has 2 aromatic carbocycles. The van der Waals surface area contributed by atoms with E-state index >= 15 is 0 Å². The predicted molar refractivity (Wildman–Crippen MR) is 94.7 cm³/mol. The molecule has 0 aliphatic rings. The van der Waals surface area contributed by atoms with Crippen molar-refractivity contribution in [1.29, 1.82) is 0 Å². The van der Waals surface area contributed by atoms with Crippen molar-refractivity contribution in [1.82, 2.24) is 4.98 Å². The zero-order valence-electron chi connectivity index (χ0n) is 12.7. The minimum atomic E-state index is -0.126. The van der Waals surface area contributed by atoms with Gasteiger partial charge in [0.15, 0.2) is 5.13 Å². The number of hydrogen-bond donors (Lipinski definition) is 1. The maximum atomic E-state index is 12.3. The first-order chi connectivity index (χ1) is 11.0. The molecule has 0 aliphatic heterocycles. The van der Waals surface area contributed by atoms with E-state index in [1.807, 2.05) is 37.3 Å². The highest BCUT2D eigenvalue weighted by molar-refractivity contribution is 7.22. The van der Waals surface area contributed by atoms with E-state index in [2.05, 4.69) is 10.3 Å². The fraction of sp³-hybridized carbons (Fsp3) is 0.176. The lowest BCUT2D eigenvalue weighted by Crippen LogP contribution is -2.14. The number of rotatable bonds is 4. The van der Waals surface area contributed by atoms with Crippen molar-refractivity contribution in [2.75, 3.05) is 12.4 Å². The molecule has 0 spiro atoms. The summed E-state index contributed by atoms with van der Waals surface area (Å²) < 4.78 is 6.25. The lowest BCUT2D eigenvalue weighted by Gasteiger charge is -2.09. The number of carbonyl (C=O) groups is 1. The molecule has 6 heteroatoms. The van der Waals surface area contributed by atoms with E-state index in [9.17, 15) is 4.79 Å². The maximum Gasteiger partial charge on any atom is 0.230 e. The van der Waals surface area contributed by atoms with Crippen molar-refractivity contribution in [3.8, 4) is 5.75 Å². The van der Waals surface area contributed by atoms with Crippen LogP contribution in [0.3, 0.4) is 0 Å². The molecule has 0 unspecified atom stereocenters. The first-order valence-electron chi connectivity index (χ1n) is 7.04. The SMILES string of the molecule is COc1ccc(C)cc1CC(=O)Nc1nc2ccc(Cl)cc2s1. The Morgan fingerprint density at radius 1 is 1.30 bits per heavy atom. The number of amides is 1. The molecule has 1 amide bonds. The molecule has 1 heterocycles. The van der Waals surface area contributed by atoms with Crippen molar-refractivity contribution in [2.45, 2.75) is 13.3 Å². The molecule has 3 rings (SSSR count). The first-order valence-corrected chi connectivity index (χ1v) is 8.24. The summed E-state index contributed by atoms with van der Waals surface area (Å²) in [5.74, 6) is 0.584. The molecule has 4 nitrogen and oxygen atoms in total. The number of nitrogens with one attached hydrogen (secondary N) is 1. The first kappa shape index (κ1) is 15.8. The number of benzene rings is 2. The molecule has 23 heavy (non-hydrogen) atoms. The van der Waals surface area contributed by atoms with E-state index in [0.29, 0.717) is 15.9 Å². The average Bonchev–Trinajstić information content (AvgIpc) is 2.88. The highest BCUT2D eigenvalue weighted by Gasteiger charge is 2.12. The van der Waals surface area contributed by atoms with Crippen LogP contribution in [0.15, 0.2) is 36.4 Å². The fourth-order valence-corrected chi connectivity index (χ4v) is 3.49. The third-order valence-electron chi connectivity index (χ3n) is 3.38.